The Bertz CT molecular complexity index is 1090. The van der Waals surface area contributed by atoms with Crippen molar-refractivity contribution in [3.63, 3.8) is 0 Å². The summed E-state index contributed by atoms with van der Waals surface area (Å²) < 4.78 is 5.16. The Labute approximate surface area is 186 Å². The van der Waals surface area contributed by atoms with Gasteiger partial charge in [-0.3, -0.25) is 19.3 Å². The van der Waals surface area contributed by atoms with Crippen LogP contribution in [0.4, 0.5) is 0 Å². The third-order valence-corrected chi connectivity index (χ3v) is 5.58. The average Bonchev–Trinajstić information content (AvgIpc) is 3.08. The van der Waals surface area contributed by atoms with Gasteiger partial charge in [0.2, 0.25) is 5.91 Å². The van der Waals surface area contributed by atoms with E-state index >= 15 is 0 Å². The van der Waals surface area contributed by atoms with Gasteiger partial charge in [-0.15, -0.1) is 0 Å². The van der Waals surface area contributed by atoms with Crippen molar-refractivity contribution in [1.82, 2.24) is 10.2 Å². The number of fused-ring (bicyclic) bond motifs is 1. The summed E-state index contributed by atoms with van der Waals surface area (Å²) in [5.41, 5.74) is 2.59. The molecule has 0 fully saturated rings. The van der Waals surface area contributed by atoms with Crippen LogP contribution in [0.3, 0.4) is 0 Å². The van der Waals surface area contributed by atoms with Gasteiger partial charge in [0, 0.05) is 13.0 Å². The quantitative estimate of drug-likeness (QED) is 0.559. The summed E-state index contributed by atoms with van der Waals surface area (Å²) >= 11 is 0. The van der Waals surface area contributed by atoms with Crippen LogP contribution >= 0.6 is 0 Å². The predicted molar refractivity (Wildman–Crippen MR) is 121 cm³/mol. The molecule has 6 heteroatoms. The van der Waals surface area contributed by atoms with E-state index in [0.29, 0.717) is 24.1 Å². The number of nitrogens with one attached hydrogen (secondary N) is 1. The maximum Gasteiger partial charge on any atom is 0.262 e. The van der Waals surface area contributed by atoms with Crippen molar-refractivity contribution in [1.29, 1.82) is 0 Å². The first-order valence-corrected chi connectivity index (χ1v) is 10.5. The van der Waals surface area contributed by atoms with Gasteiger partial charge in [-0.1, -0.05) is 54.6 Å². The SMILES string of the molecule is COc1ccc(CCNC(=O)C(Cc2ccccc2)N2C(=O)c3ccccc3C2=O)cc1. The highest BCUT2D eigenvalue weighted by Crippen LogP contribution is 2.26. The number of rotatable bonds is 8. The molecule has 1 aliphatic rings. The Morgan fingerprint density at radius 2 is 1.44 bits per heavy atom. The van der Waals surface area contributed by atoms with E-state index in [4.69, 9.17) is 4.74 Å². The Balaban J connectivity index is 1.51. The molecule has 3 aromatic carbocycles. The first-order chi connectivity index (χ1) is 15.6. The monoisotopic (exact) mass is 428 g/mol. The van der Waals surface area contributed by atoms with E-state index in [-0.39, 0.29) is 12.3 Å². The van der Waals surface area contributed by atoms with Gasteiger partial charge in [-0.2, -0.15) is 0 Å². The number of nitrogens with zero attached hydrogens (tertiary/aromatic N) is 1. The van der Waals surface area contributed by atoms with E-state index in [2.05, 4.69) is 5.32 Å². The zero-order valence-electron chi connectivity index (χ0n) is 17.8. The molecule has 3 amide bonds. The third kappa shape index (κ3) is 4.39. The smallest absolute Gasteiger partial charge is 0.262 e. The zero-order valence-corrected chi connectivity index (χ0v) is 17.8. The molecule has 32 heavy (non-hydrogen) atoms. The summed E-state index contributed by atoms with van der Waals surface area (Å²) in [6, 6.07) is 22.8. The fraction of sp³-hybridized carbons (Fsp3) is 0.192. The molecule has 0 bridgehead atoms. The van der Waals surface area contributed by atoms with Gasteiger partial charge in [0.25, 0.3) is 11.8 Å². The molecule has 1 unspecified atom stereocenters. The van der Waals surface area contributed by atoms with E-state index in [1.54, 1.807) is 31.4 Å². The number of methoxy groups -OCH3 is 1. The summed E-state index contributed by atoms with van der Waals surface area (Å²) in [6.07, 6.45) is 0.872. The molecule has 162 valence electrons. The molecule has 1 aliphatic heterocycles. The highest BCUT2D eigenvalue weighted by atomic mass is 16.5. The van der Waals surface area contributed by atoms with Crippen LogP contribution in [0.25, 0.3) is 0 Å². The van der Waals surface area contributed by atoms with Gasteiger partial charge in [0.05, 0.1) is 18.2 Å². The molecule has 0 saturated heterocycles. The van der Waals surface area contributed by atoms with Crippen molar-refractivity contribution >= 4 is 17.7 Å². The summed E-state index contributed by atoms with van der Waals surface area (Å²) in [4.78, 5) is 40.3. The second kappa shape index (κ2) is 9.47. The Morgan fingerprint density at radius 3 is 2.03 bits per heavy atom. The van der Waals surface area contributed by atoms with E-state index in [1.807, 2.05) is 54.6 Å². The van der Waals surface area contributed by atoms with E-state index in [1.165, 1.54) is 0 Å². The highest BCUT2D eigenvalue weighted by Gasteiger charge is 2.42. The fourth-order valence-electron chi connectivity index (χ4n) is 3.87. The van der Waals surface area contributed by atoms with Crippen molar-refractivity contribution in [2.75, 3.05) is 13.7 Å². The summed E-state index contributed by atoms with van der Waals surface area (Å²) in [6.45, 7) is 0.389. The van der Waals surface area contributed by atoms with Crippen LogP contribution in [0.15, 0.2) is 78.9 Å². The lowest BCUT2D eigenvalue weighted by Crippen LogP contribution is -2.51. The van der Waals surface area contributed by atoms with Crippen molar-refractivity contribution in [3.05, 3.63) is 101 Å². The van der Waals surface area contributed by atoms with Crippen molar-refractivity contribution in [2.24, 2.45) is 0 Å². The highest BCUT2D eigenvalue weighted by molar-refractivity contribution is 6.22. The van der Waals surface area contributed by atoms with Crippen LogP contribution in [-0.4, -0.2) is 42.3 Å². The van der Waals surface area contributed by atoms with Crippen molar-refractivity contribution in [2.45, 2.75) is 18.9 Å². The first kappa shape index (κ1) is 21.3. The number of carbonyl (C=O) groups excluding carboxylic acids is 3. The molecule has 0 radical (unpaired) electrons. The number of hydrogen-bond acceptors (Lipinski definition) is 4. The lowest BCUT2D eigenvalue weighted by Gasteiger charge is -2.25. The molecule has 0 saturated carbocycles. The lowest BCUT2D eigenvalue weighted by atomic mass is 10.0. The van der Waals surface area contributed by atoms with Crippen molar-refractivity contribution < 1.29 is 19.1 Å². The zero-order chi connectivity index (χ0) is 22.5. The number of hydrogen-bond donors (Lipinski definition) is 1. The van der Waals surface area contributed by atoms with Gasteiger partial charge < -0.3 is 10.1 Å². The molecular weight excluding hydrogens is 404 g/mol. The van der Waals surface area contributed by atoms with Gasteiger partial charge >= 0.3 is 0 Å². The molecule has 1 heterocycles. The number of carbonyl (C=O) groups is 3. The minimum atomic E-state index is -0.930. The number of amides is 3. The van der Waals surface area contributed by atoms with E-state index in [9.17, 15) is 14.4 Å². The van der Waals surface area contributed by atoms with E-state index < -0.39 is 17.9 Å². The van der Waals surface area contributed by atoms with Crippen LogP contribution in [0.1, 0.15) is 31.8 Å². The number of imide groups is 1. The Morgan fingerprint density at radius 1 is 0.844 bits per heavy atom. The second-order valence-corrected chi connectivity index (χ2v) is 7.62. The van der Waals surface area contributed by atoms with Crippen LogP contribution in [0.5, 0.6) is 5.75 Å². The topological polar surface area (TPSA) is 75.7 Å². The molecule has 0 spiro atoms. The fourth-order valence-corrected chi connectivity index (χ4v) is 3.87. The standard InChI is InChI=1S/C26H24N2O4/c1-32-20-13-11-18(12-14-20)15-16-27-24(29)23(17-19-7-3-2-4-8-19)28-25(30)21-9-5-6-10-22(21)26(28)31/h2-14,23H,15-17H2,1H3,(H,27,29). The molecule has 0 aliphatic carbocycles. The molecular formula is C26H24N2O4. The lowest BCUT2D eigenvalue weighted by molar-refractivity contribution is -0.125. The van der Waals surface area contributed by atoms with Crippen LogP contribution in [0.2, 0.25) is 0 Å². The molecule has 0 aromatic heterocycles. The first-order valence-electron chi connectivity index (χ1n) is 10.5. The Kier molecular flexibility index (Phi) is 6.31. The number of benzene rings is 3. The van der Waals surface area contributed by atoms with Gasteiger partial charge in [0.15, 0.2) is 0 Å². The summed E-state index contributed by atoms with van der Waals surface area (Å²) in [5.74, 6) is -0.447. The molecule has 4 rings (SSSR count). The predicted octanol–water partition coefficient (Wildman–Crippen LogP) is 3.26. The maximum atomic E-state index is 13.2. The maximum absolute atomic E-state index is 13.2. The van der Waals surface area contributed by atoms with Crippen LogP contribution < -0.4 is 10.1 Å². The van der Waals surface area contributed by atoms with E-state index in [0.717, 1.165) is 21.8 Å². The average molecular weight is 428 g/mol. The van der Waals surface area contributed by atoms with Gasteiger partial charge in [0.1, 0.15) is 11.8 Å². The van der Waals surface area contributed by atoms with Gasteiger partial charge in [-0.05, 0) is 41.8 Å². The third-order valence-electron chi connectivity index (χ3n) is 5.58. The number of ether oxygens (including phenoxy) is 1. The molecule has 6 nitrogen and oxygen atoms in total. The minimum Gasteiger partial charge on any atom is -0.497 e. The Hall–Kier alpha value is -3.93. The molecule has 1 atom stereocenters. The van der Waals surface area contributed by atoms with Crippen LogP contribution in [-0.2, 0) is 17.6 Å². The summed E-state index contributed by atoms with van der Waals surface area (Å²) in [7, 11) is 1.61. The van der Waals surface area contributed by atoms with Gasteiger partial charge in [-0.25, -0.2) is 0 Å². The van der Waals surface area contributed by atoms with Crippen molar-refractivity contribution in [3.8, 4) is 5.75 Å². The normalized spacial score (nSPS) is 13.6. The molecule has 3 aromatic rings. The molecule has 1 N–H and O–H groups in total. The summed E-state index contributed by atoms with van der Waals surface area (Å²) in [5, 5.41) is 2.91. The van der Waals surface area contributed by atoms with Crippen LogP contribution in [0, 0.1) is 0 Å². The second-order valence-electron chi connectivity index (χ2n) is 7.62. The minimum absolute atomic E-state index is 0.251. The largest absolute Gasteiger partial charge is 0.497 e.